The summed E-state index contributed by atoms with van der Waals surface area (Å²) in [5, 5.41) is 17.8. The first kappa shape index (κ1) is 7.43. The maximum Gasteiger partial charge on any atom is 0.303 e. The zero-order valence-corrected chi connectivity index (χ0v) is 4.59. The number of carbonyl (C=O) groups is 1. The molecular formula is C5H9O3. The van der Waals surface area contributed by atoms with Crippen LogP contribution in [0.3, 0.4) is 0 Å². The topological polar surface area (TPSA) is 57.2 Å². The van der Waals surface area contributed by atoms with Gasteiger partial charge in [0.05, 0.1) is 6.61 Å². The Morgan fingerprint density at radius 3 is 2.38 bits per heavy atom. The second kappa shape index (κ2) is 4.59. The fourth-order valence-electron chi connectivity index (χ4n) is 0.378. The van der Waals surface area contributed by atoms with Gasteiger partial charge in [-0.05, 0) is 12.8 Å². The van der Waals surface area contributed by atoms with Crippen molar-refractivity contribution < 1.29 is 15.0 Å². The molecule has 0 saturated heterocycles. The smallest absolute Gasteiger partial charge is 0.303 e. The highest BCUT2D eigenvalue weighted by atomic mass is 16.4. The summed E-state index contributed by atoms with van der Waals surface area (Å²) < 4.78 is 0. The van der Waals surface area contributed by atoms with E-state index in [9.17, 15) is 9.90 Å². The Morgan fingerprint density at radius 2 is 2.00 bits per heavy atom. The lowest BCUT2D eigenvalue weighted by molar-refractivity contribution is -0.137. The SMILES string of the molecule is [O]CCCCC(=O)O. The molecule has 0 heterocycles. The Bertz CT molecular complexity index is 70.1. The van der Waals surface area contributed by atoms with Crippen molar-refractivity contribution in [1.29, 1.82) is 0 Å². The molecule has 0 aromatic carbocycles. The van der Waals surface area contributed by atoms with Gasteiger partial charge >= 0.3 is 5.97 Å². The molecule has 3 heteroatoms. The van der Waals surface area contributed by atoms with Crippen LogP contribution in [-0.4, -0.2) is 17.7 Å². The van der Waals surface area contributed by atoms with Gasteiger partial charge in [-0.2, -0.15) is 0 Å². The molecule has 0 spiro atoms. The molecule has 0 aliphatic rings. The molecule has 3 nitrogen and oxygen atoms in total. The van der Waals surface area contributed by atoms with Crippen LogP contribution in [0.5, 0.6) is 0 Å². The summed E-state index contributed by atoms with van der Waals surface area (Å²) in [7, 11) is 0. The summed E-state index contributed by atoms with van der Waals surface area (Å²) in [6.07, 6.45) is 1.12. The van der Waals surface area contributed by atoms with E-state index in [1.807, 2.05) is 0 Å². The average Bonchev–Trinajstić information content (AvgIpc) is 1.66. The van der Waals surface area contributed by atoms with Crippen molar-refractivity contribution in [1.82, 2.24) is 0 Å². The fraction of sp³-hybridized carbons (Fsp3) is 0.800. The predicted molar refractivity (Wildman–Crippen MR) is 27.0 cm³/mol. The van der Waals surface area contributed by atoms with Crippen LogP contribution < -0.4 is 0 Å². The van der Waals surface area contributed by atoms with Crippen molar-refractivity contribution >= 4 is 5.97 Å². The van der Waals surface area contributed by atoms with Crippen molar-refractivity contribution in [3.8, 4) is 0 Å². The number of carboxylic acids is 1. The Kier molecular flexibility index (Phi) is 4.26. The number of hydrogen-bond donors (Lipinski definition) is 1. The minimum Gasteiger partial charge on any atom is -0.481 e. The van der Waals surface area contributed by atoms with Gasteiger partial charge in [0.15, 0.2) is 0 Å². The number of aliphatic carboxylic acids is 1. The third kappa shape index (κ3) is 5.43. The fourth-order valence-corrected chi connectivity index (χ4v) is 0.378. The van der Waals surface area contributed by atoms with Crippen molar-refractivity contribution in [3.05, 3.63) is 0 Å². The van der Waals surface area contributed by atoms with E-state index in [0.717, 1.165) is 0 Å². The molecule has 0 saturated carbocycles. The molecule has 0 amide bonds. The summed E-state index contributed by atoms with van der Waals surface area (Å²) in [6, 6.07) is 0. The summed E-state index contributed by atoms with van der Waals surface area (Å²) in [5.74, 6) is -0.821. The molecule has 0 aliphatic carbocycles. The molecule has 8 heavy (non-hydrogen) atoms. The Morgan fingerprint density at radius 1 is 1.38 bits per heavy atom. The van der Waals surface area contributed by atoms with Gasteiger partial charge in [-0.25, -0.2) is 5.11 Å². The van der Waals surface area contributed by atoms with Gasteiger partial charge < -0.3 is 5.11 Å². The van der Waals surface area contributed by atoms with Gasteiger partial charge in [-0.15, -0.1) is 0 Å². The summed E-state index contributed by atoms with van der Waals surface area (Å²) in [6.45, 7) is -0.159. The molecule has 1 N–H and O–H groups in total. The van der Waals surface area contributed by atoms with Crippen LogP contribution in [-0.2, 0) is 9.90 Å². The van der Waals surface area contributed by atoms with Gasteiger partial charge in [0.1, 0.15) is 0 Å². The zero-order chi connectivity index (χ0) is 6.41. The third-order valence-electron chi connectivity index (χ3n) is 0.785. The summed E-state index contributed by atoms with van der Waals surface area (Å²) in [4.78, 5) is 9.77. The lowest BCUT2D eigenvalue weighted by atomic mass is 10.2. The van der Waals surface area contributed by atoms with Crippen LogP contribution in [0.15, 0.2) is 0 Å². The molecule has 0 fully saturated rings. The highest BCUT2D eigenvalue weighted by molar-refractivity contribution is 5.66. The first-order chi connectivity index (χ1) is 3.77. The molecule has 47 valence electrons. The molecular weight excluding hydrogens is 108 g/mol. The van der Waals surface area contributed by atoms with Crippen LogP contribution >= 0.6 is 0 Å². The first-order valence-corrected chi connectivity index (χ1v) is 2.57. The Hall–Kier alpha value is -0.570. The summed E-state index contributed by atoms with van der Waals surface area (Å²) in [5.41, 5.74) is 0. The van der Waals surface area contributed by atoms with Crippen LogP contribution in [0.4, 0.5) is 0 Å². The molecule has 0 unspecified atom stereocenters. The third-order valence-corrected chi connectivity index (χ3v) is 0.785. The predicted octanol–water partition coefficient (Wildman–Crippen LogP) is 0.672. The van der Waals surface area contributed by atoms with E-state index in [2.05, 4.69) is 0 Å². The number of rotatable bonds is 4. The monoisotopic (exact) mass is 117 g/mol. The van der Waals surface area contributed by atoms with Crippen LogP contribution in [0.1, 0.15) is 19.3 Å². The molecule has 0 rings (SSSR count). The molecule has 1 radical (unpaired) electrons. The Labute approximate surface area is 47.9 Å². The van der Waals surface area contributed by atoms with Crippen molar-refractivity contribution in [3.63, 3.8) is 0 Å². The van der Waals surface area contributed by atoms with Gasteiger partial charge in [-0.3, -0.25) is 4.79 Å². The van der Waals surface area contributed by atoms with E-state index in [-0.39, 0.29) is 13.0 Å². The number of unbranched alkanes of at least 4 members (excludes halogenated alkanes) is 1. The minimum atomic E-state index is -0.821. The van der Waals surface area contributed by atoms with Gasteiger partial charge in [0.25, 0.3) is 0 Å². The van der Waals surface area contributed by atoms with E-state index in [4.69, 9.17) is 5.11 Å². The minimum absolute atomic E-state index is 0.127. The molecule has 0 bridgehead atoms. The van der Waals surface area contributed by atoms with E-state index >= 15 is 0 Å². The average molecular weight is 117 g/mol. The summed E-state index contributed by atoms with van der Waals surface area (Å²) >= 11 is 0. The first-order valence-electron chi connectivity index (χ1n) is 2.57. The van der Waals surface area contributed by atoms with Crippen LogP contribution in [0.2, 0.25) is 0 Å². The molecule has 0 atom stereocenters. The lowest BCUT2D eigenvalue weighted by Gasteiger charge is -1.88. The molecule has 0 aliphatic heterocycles. The van der Waals surface area contributed by atoms with Crippen LogP contribution in [0, 0.1) is 0 Å². The second-order valence-electron chi connectivity index (χ2n) is 1.55. The number of carboxylic acid groups (broad SMARTS) is 1. The Balaban J connectivity index is 2.82. The van der Waals surface area contributed by atoms with Crippen molar-refractivity contribution in [2.75, 3.05) is 6.61 Å². The zero-order valence-electron chi connectivity index (χ0n) is 4.59. The van der Waals surface area contributed by atoms with Crippen molar-refractivity contribution in [2.24, 2.45) is 0 Å². The van der Waals surface area contributed by atoms with E-state index < -0.39 is 5.97 Å². The van der Waals surface area contributed by atoms with E-state index in [0.29, 0.717) is 12.8 Å². The largest absolute Gasteiger partial charge is 0.481 e. The lowest BCUT2D eigenvalue weighted by Crippen LogP contribution is -1.94. The maximum atomic E-state index is 9.77. The highest BCUT2D eigenvalue weighted by Crippen LogP contribution is 1.92. The standard InChI is InChI=1S/C5H9O3/c6-4-2-1-3-5(7)8/h1-4H2,(H,7,8). The van der Waals surface area contributed by atoms with E-state index in [1.165, 1.54) is 0 Å². The number of hydrogen-bond acceptors (Lipinski definition) is 1. The molecule has 0 aromatic heterocycles. The van der Waals surface area contributed by atoms with Crippen molar-refractivity contribution in [2.45, 2.75) is 19.3 Å². The van der Waals surface area contributed by atoms with Crippen LogP contribution in [0.25, 0.3) is 0 Å². The molecule has 0 aromatic rings. The second-order valence-corrected chi connectivity index (χ2v) is 1.55. The van der Waals surface area contributed by atoms with Gasteiger partial charge in [0, 0.05) is 6.42 Å². The van der Waals surface area contributed by atoms with E-state index in [1.54, 1.807) is 0 Å². The highest BCUT2D eigenvalue weighted by Gasteiger charge is 1.93. The van der Waals surface area contributed by atoms with Gasteiger partial charge in [0.2, 0.25) is 0 Å². The maximum absolute atomic E-state index is 9.77. The normalized spacial score (nSPS) is 9.12. The quantitative estimate of drug-likeness (QED) is 0.550. The van der Waals surface area contributed by atoms with Gasteiger partial charge in [-0.1, -0.05) is 0 Å².